The number of alkyl halides is 3. The maximum absolute atomic E-state index is 12.7. The summed E-state index contributed by atoms with van der Waals surface area (Å²) < 4.78 is 87.0. The largest absolute Gasteiger partial charge is 0.523 e. The highest BCUT2D eigenvalue weighted by atomic mass is 32.2. The van der Waals surface area contributed by atoms with Crippen LogP contribution in [0.1, 0.15) is 11.1 Å². The number of hydrogen-bond donors (Lipinski definition) is 0. The quantitative estimate of drug-likeness (QED) is 0.265. The molecule has 0 aliphatic rings. The Balaban J connectivity index is 2.25. The first-order chi connectivity index (χ1) is 12.7. The Kier molecular flexibility index (Phi) is 7.19. The molecule has 0 spiro atoms. The van der Waals surface area contributed by atoms with E-state index in [1.54, 1.807) is 60.7 Å². The van der Waals surface area contributed by atoms with Crippen LogP contribution in [0.3, 0.4) is 0 Å². The molecule has 0 aliphatic carbocycles. The predicted octanol–water partition coefficient (Wildman–Crippen LogP) is 3.65. The molecule has 0 heterocycles. The van der Waals surface area contributed by atoms with E-state index in [1.165, 1.54) is 0 Å². The normalized spacial score (nSPS) is 13.3. The first-order valence-corrected chi connectivity index (χ1v) is 9.97. The van der Waals surface area contributed by atoms with E-state index in [-0.39, 0.29) is 13.2 Å². The summed E-state index contributed by atoms with van der Waals surface area (Å²) in [6.07, 6.45) is 0. The predicted molar refractivity (Wildman–Crippen MR) is 91.6 cm³/mol. The number of halogens is 3. The van der Waals surface area contributed by atoms with Gasteiger partial charge in [0.1, 0.15) is 0 Å². The highest BCUT2D eigenvalue weighted by molar-refractivity contribution is 7.87. The molecular formula is C16H16F3O6PS. The van der Waals surface area contributed by atoms with Crippen molar-refractivity contribution in [1.82, 2.24) is 0 Å². The fourth-order valence-corrected chi connectivity index (χ4v) is 3.23. The molecule has 0 fully saturated rings. The summed E-state index contributed by atoms with van der Waals surface area (Å²) in [5.41, 5.74) is -7.63. The number of hydrogen-bond acceptors (Lipinski definition) is 6. The van der Waals surface area contributed by atoms with Crippen LogP contribution in [-0.4, -0.2) is 19.6 Å². The lowest BCUT2D eigenvalue weighted by molar-refractivity contribution is -0.294. The van der Waals surface area contributed by atoms with Crippen LogP contribution in [0.2, 0.25) is 0 Å². The smallest absolute Gasteiger partial charge is 0.321 e. The molecule has 0 N–H and O–H groups in total. The van der Waals surface area contributed by atoms with Crippen molar-refractivity contribution in [2.45, 2.75) is 24.4 Å². The van der Waals surface area contributed by atoms with Gasteiger partial charge in [-0.25, -0.2) is 0 Å². The second-order valence-corrected chi connectivity index (χ2v) is 7.73. The van der Waals surface area contributed by atoms with Gasteiger partial charge in [-0.2, -0.15) is 25.8 Å². The van der Waals surface area contributed by atoms with Gasteiger partial charge in [0.2, 0.25) is 0 Å². The van der Waals surface area contributed by atoms with Crippen LogP contribution >= 0.6 is 8.46 Å². The molecule has 0 bridgehead atoms. The van der Waals surface area contributed by atoms with Crippen molar-refractivity contribution in [3.05, 3.63) is 71.8 Å². The van der Waals surface area contributed by atoms with Gasteiger partial charge in [0.25, 0.3) is 0 Å². The van der Waals surface area contributed by atoms with Crippen molar-refractivity contribution in [2.24, 2.45) is 0 Å². The van der Waals surface area contributed by atoms with Crippen molar-refractivity contribution < 1.29 is 39.8 Å². The first kappa shape index (κ1) is 21.6. The number of ether oxygens (including phenoxy) is 2. The van der Waals surface area contributed by atoms with Crippen molar-refractivity contribution >= 4 is 18.6 Å². The molecule has 11 heteroatoms. The van der Waals surface area contributed by atoms with Crippen LogP contribution in [0.25, 0.3) is 0 Å². The molecule has 1 atom stereocenters. The number of benzene rings is 2. The van der Waals surface area contributed by atoms with Gasteiger partial charge in [-0.1, -0.05) is 60.7 Å². The molecule has 0 aliphatic heterocycles. The number of rotatable bonds is 9. The minimum atomic E-state index is -6.11. The van der Waals surface area contributed by atoms with E-state index in [1.807, 2.05) is 0 Å². The minimum absolute atomic E-state index is 0.377. The molecule has 0 aromatic heterocycles. The molecular weight excluding hydrogens is 408 g/mol. The molecule has 148 valence electrons. The summed E-state index contributed by atoms with van der Waals surface area (Å²) >= 11 is 0. The maximum atomic E-state index is 12.7. The summed E-state index contributed by atoms with van der Waals surface area (Å²) in [4.78, 5) is 0. The Morgan fingerprint density at radius 2 is 1.22 bits per heavy atom. The van der Waals surface area contributed by atoms with Gasteiger partial charge in [-0.3, -0.25) is 0 Å². The summed E-state index contributed by atoms with van der Waals surface area (Å²) in [6, 6.07) is 16.3. The highest BCUT2D eigenvalue weighted by Gasteiger charge is 2.53. The van der Waals surface area contributed by atoms with Crippen molar-refractivity contribution in [3.8, 4) is 0 Å². The average molecular weight is 424 g/mol. The standard InChI is InChI=1S/C16H16F3O6PS/c17-15(18,19)27(21,22)25-16(26-20,23-11-13-7-3-1-4-8-13)24-12-14-9-5-2-6-10-14/h1-10H,11-12,26H2. The molecule has 6 nitrogen and oxygen atoms in total. The molecule has 27 heavy (non-hydrogen) atoms. The van der Waals surface area contributed by atoms with Gasteiger partial charge in [0, 0.05) is 0 Å². The third-order valence-corrected chi connectivity index (χ3v) is 5.15. The van der Waals surface area contributed by atoms with Gasteiger partial charge in [0.05, 0.1) is 13.2 Å². The van der Waals surface area contributed by atoms with E-state index in [0.717, 1.165) is 0 Å². The Morgan fingerprint density at radius 1 is 0.815 bits per heavy atom. The van der Waals surface area contributed by atoms with E-state index in [4.69, 9.17) is 9.47 Å². The first-order valence-electron chi connectivity index (χ1n) is 7.51. The maximum Gasteiger partial charge on any atom is 0.523 e. The third-order valence-electron chi connectivity index (χ3n) is 3.22. The Hall–Kier alpha value is -1.71. The lowest BCUT2D eigenvalue weighted by Crippen LogP contribution is -2.40. The molecule has 0 amide bonds. The molecule has 0 saturated carbocycles. The van der Waals surface area contributed by atoms with E-state index in [9.17, 15) is 26.2 Å². The monoisotopic (exact) mass is 424 g/mol. The van der Waals surface area contributed by atoms with E-state index in [2.05, 4.69) is 4.18 Å². The lowest BCUT2D eigenvalue weighted by atomic mass is 10.2. The molecule has 1 unspecified atom stereocenters. The van der Waals surface area contributed by atoms with Crippen LogP contribution < -0.4 is 0 Å². The summed E-state index contributed by atoms with van der Waals surface area (Å²) in [5.74, 6) is 0. The van der Waals surface area contributed by atoms with Crippen LogP contribution in [-0.2, 0) is 41.6 Å². The molecule has 2 rings (SSSR count). The van der Waals surface area contributed by atoms with Crippen molar-refractivity contribution in [2.75, 3.05) is 0 Å². The molecule has 0 radical (unpaired) electrons. The van der Waals surface area contributed by atoms with Gasteiger partial charge < -0.3 is 14.0 Å². The zero-order valence-corrected chi connectivity index (χ0v) is 15.7. The third kappa shape index (κ3) is 6.15. The van der Waals surface area contributed by atoms with Gasteiger partial charge in [-0.15, -0.1) is 0 Å². The Morgan fingerprint density at radius 3 is 1.56 bits per heavy atom. The second kappa shape index (κ2) is 8.99. The zero-order chi connectivity index (χ0) is 20.0. The van der Waals surface area contributed by atoms with Gasteiger partial charge in [-0.05, 0) is 11.1 Å². The highest BCUT2D eigenvalue weighted by Crippen LogP contribution is 2.37. The Labute approximate surface area is 155 Å². The van der Waals surface area contributed by atoms with Crippen LogP contribution in [0.4, 0.5) is 13.2 Å². The summed E-state index contributed by atoms with van der Waals surface area (Å²) in [5, 5.41) is 0. The summed E-state index contributed by atoms with van der Waals surface area (Å²) in [6.45, 7) is -0.753. The zero-order valence-electron chi connectivity index (χ0n) is 13.8. The van der Waals surface area contributed by atoms with Crippen molar-refractivity contribution in [1.29, 1.82) is 0 Å². The topological polar surface area (TPSA) is 78.9 Å². The molecule has 2 aromatic carbocycles. The lowest BCUT2D eigenvalue weighted by Gasteiger charge is -2.28. The second-order valence-electron chi connectivity index (χ2n) is 5.25. The fourth-order valence-electron chi connectivity index (χ4n) is 1.89. The van der Waals surface area contributed by atoms with Crippen LogP contribution in [0, 0.1) is 0 Å². The van der Waals surface area contributed by atoms with Crippen LogP contribution in [0.15, 0.2) is 60.7 Å². The van der Waals surface area contributed by atoms with Crippen LogP contribution in [0.5, 0.6) is 0 Å². The fraction of sp³-hybridized carbons (Fsp3) is 0.250. The summed E-state index contributed by atoms with van der Waals surface area (Å²) in [7, 11) is -8.49. The van der Waals surface area contributed by atoms with Gasteiger partial charge in [0.15, 0.2) is 8.46 Å². The van der Waals surface area contributed by atoms with Gasteiger partial charge >= 0.3 is 21.3 Å². The SMILES string of the molecule is O=[PH2]C(OCc1ccccc1)(OCc1ccccc1)OS(=O)(=O)C(F)(F)F. The van der Waals surface area contributed by atoms with E-state index >= 15 is 0 Å². The molecule has 0 saturated heterocycles. The van der Waals surface area contributed by atoms with Crippen molar-refractivity contribution in [3.63, 3.8) is 0 Å². The Bertz CT molecular complexity index is 800. The molecule has 2 aromatic rings. The van der Waals surface area contributed by atoms with E-state index in [0.29, 0.717) is 11.1 Å². The average Bonchev–Trinajstić information content (AvgIpc) is 2.65. The minimum Gasteiger partial charge on any atom is -0.321 e. The van der Waals surface area contributed by atoms with E-state index < -0.39 is 29.8 Å².